The third-order valence-electron chi connectivity index (χ3n) is 5.37. The summed E-state index contributed by atoms with van der Waals surface area (Å²) in [5.41, 5.74) is 3.35. The molecule has 0 amide bonds. The zero-order valence-corrected chi connectivity index (χ0v) is 22.8. The van der Waals surface area contributed by atoms with E-state index >= 15 is 0 Å². The van der Waals surface area contributed by atoms with Gasteiger partial charge in [0, 0.05) is 20.1 Å². The van der Waals surface area contributed by atoms with E-state index in [4.69, 9.17) is 15.2 Å². The van der Waals surface area contributed by atoms with Gasteiger partial charge in [-0.25, -0.2) is 4.98 Å². The van der Waals surface area contributed by atoms with Crippen LogP contribution in [0.5, 0.6) is 0 Å². The van der Waals surface area contributed by atoms with Crippen LogP contribution in [0.1, 0.15) is 0 Å². The lowest BCUT2D eigenvalue weighted by Crippen LogP contribution is -1.93. The van der Waals surface area contributed by atoms with Crippen molar-refractivity contribution >= 4 is 64.5 Å². The molecular weight excluding hydrogens is 626 g/mol. The van der Waals surface area contributed by atoms with Crippen LogP contribution in [0.25, 0.3) is 54.1 Å². The molecule has 13 heteroatoms. The van der Waals surface area contributed by atoms with Crippen molar-refractivity contribution in [3.05, 3.63) is 75.7 Å². The van der Waals surface area contributed by atoms with Gasteiger partial charge in [0.2, 0.25) is 9.92 Å². The van der Waals surface area contributed by atoms with Crippen molar-refractivity contribution in [2.75, 3.05) is 0 Å². The number of hydrogen-bond donors (Lipinski definition) is 0. The number of hydrogen-bond acceptors (Lipinski definition) is 9. The van der Waals surface area contributed by atoms with E-state index in [1.54, 1.807) is 9.03 Å². The first-order chi connectivity index (χ1) is 17.6. The van der Waals surface area contributed by atoms with Crippen molar-refractivity contribution in [3.63, 3.8) is 0 Å². The summed E-state index contributed by atoms with van der Waals surface area (Å²) in [4.78, 5) is 6.26. The Labute approximate surface area is 227 Å². The van der Waals surface area contributed by atoms with E-state index in [0.29, 0.717) is 21.6 Å². The Morgan fingerprint density at radius 3 is 1.44 bits per heavy atom. The Morgan fingerprint density at radius 1 is 0.556 bits per heavy atom. The van der Waals surface area contributed by atoms with Crippen LogP contribution in [0, 0.1) is 0 Å². The fourth-order valence-electron chi connectivity index (χ4n) is 3.67. The molecule has 0 spiro atoms. The third kappa shape index (κ3) is 3.75. The van der Waals surface area contributed by atoms with Gasteiger partial charge >= 0.3 is 0 Å². The van der Waals surface area contributed by atoms with Crippen LogP contribution in [0.2, 0.25) is 0 Å². The molecule has 7 aromatic rings. The largest absolute Gasteiger partial charge is 0.243 e. The maximum atomic E-state index is 4.85. The van der Waals surface area contributed by atoms with E-state index in [1.807, 2.05) is 66.7 Å². The van der Waals surface area contributed by atoms with E-state index in [2.05, 4.69) is 52.3 Å². The van der Waals surface area contributed by atoms with Gasteiger partial charge < -0.3 is 0 Å². The van der Waals surface area contributed by atoms with Crippen molar-refractivity contribution in [1.82, 2.24) is 44.6 Å². The minimum atomic E-state index is 0.685. The molecule has 0 radical (unpaired) electrons. The van der Waals surface area contributed by atoms with Gasteiger partial charge in [0.1, 0.15) is 11.4 Å². The normalized spacial score (nSPS) is 11.6. The molecule has 5 aromatic heterocycles. The molecule has 5 heterocycles. The summed E-state index contributed by atoms with van der Waals surface area (Å²) < 4.78 is 5.51. The van der Waals surface area contributed by atoms with Gasteiger partial charge in [-0.2, -0.15) is 19.2 Å². The van der Waals surface area contributed by atoms with Crippen LogP contribution in [0.4, 0.5) is 0 Å². The van der Waals surface area contributed by atoms with Gasteiger partial charge in [-0.15, -0.1) is 20.4 Å². The number of halogens is 2. The average Bonchev–Trinajstić information content (AvgIpc) is 3.66. The van der Waals surface area contributed by atoms with E-state index in [1.165, 1.54) is 22.7 Å². The van der Waals surface area contributed by atoms with Crippen molar-refractivity contribution in [3.8, 4) is 44.2 Å². The molecule has 0 aliphatic heterocycles. The molecule has 2 aromatic carbocycles. The summed E-state index contributed by atoms with van der Waals surface area (Å²) in [5, 5.41) is 28.2. The molecule has 36 heavy (non-hydrogen) atoms. The highest BCUT2D eigenvalue weighted by atomic mass is 79.9. The summed E-state index contributed by atoms with van der Waals surface area (Å²) >= 11 is 9.81. The van der Waals surface area contributed by atoms with E-state index in [0.717, 1.165) is 41.5 Å². The monoisotopic (exact) mass is 635 g/mol. The molecule has 9 nitrogen and oxygen atoms in total. The zero-order valence-electron chi connectivity index (χ0n) is 17.9. The third-order valence-corrected chi connectivity index (χ3v) is 8.27. The van der Waals surface area contributed by atoms with E-state index in [-0.39, 0.29) is 0 Å². The first-order valence-corrected chi connectivity index (χ1v) is 13.8. The summed E-state index contributed by atoms with van der Waals surface area (Å²) in [5.74, 6) is 1.37. The predicted octanol–water partition coefficient (Wildman–Crippen LogP) is 6.27. The molecule has 0 saturated heterocycles. The number of benzene rings is 2. The minimum Gasteiger partial charge on any atom is -0.243 e. The topological polar surface area (TPSA) is 99.0 Å². The molecule has 0 aliphatic rings. The number of fused-ring (bicyclic) bond motifs is 2. The highest BCUT2D eigenvalue weighted by Crippen LogP contribution is 2.31. The Kier molecular flexibility index (Phi) is 5.23. The maximum Gasteiger partial charge on any atom is 0.235 e. The smallest absolute Gasteiger partial charge is 0.235 e. The quantitative estimate of drug-likeness (QED) is 0.224. The Balaban J connectivity index is 1.26. The molecule has 0 atom stereocenters. The van der Waals surface area contributed by atoms with Crippen LogP contribution in [0.3, 0.4) is 0 Å². The Bertz CT molecular complexity index is 1730. The van der Waals surface area contributed by atoms with Crippen LogP contribution in [-0.2, 0) is 0 Å². The predicted molar refractivity (Wildman–Crippen MR) is 146 cm³/mol. The first-order valence-electron chi connectivity index (χ1n) is 10.6. The number of rotatable bonds is 4. The lowest BCUT2D eigenvalue weighted by Gasteiger charge is -2.00. The van der Waals surface area contributed by atoms with Gasteiger partial charge in [-0.1, -0.05) is 84.9 Å². The van der Waals surface area contributed by atoms with E-state index < -0.39 is 0 Å². The second-order valence-corrected chi connectivity index (χ2v) is 11.4. The second kappa shape index (κ2) is 8.62. The van der Waals surface area contributed by atoms with Gasteiger partial charge in [0.05, 0.1) is 0 Å². The SMILES string of the molecule is Brc1ccc(-c2nnc3sc(-c4cccc(-c5nn6c(-c7ccc(Br)cc7)nnc6s5)n4)nn23)cc1. The molecule has 0 N–H and O–H groups in total. The highest BCUT2D eigenvalue weighted by molar-refractivity contribution is 9.10. The van der Waals surface area contributed by atoms with Crippen LogP contribution in [-0.4, -0.2) is 44.6 Å². The lowest BCUT2D eigenvalue weighted by molar-refractivity contribution is 0.962. The molecule has 174 valence electrons. The van der Waals surface area contributed by atoms with Crippen molar-refractivity contribution in [1.29, 1.82) is 0 Å². The summed E-state index contributed by atoms with van der Waals surface area (Å²) in [6.45, 7) is 0. The average molecular weight is 637 g/mol. The molecule has 0 aliphatic carbocycles. The molecular formula is C23H11Br2N9S2. The van der Waals surface area contributed by atoms with Crippen molar-refractivity contribution < 1.29 is 0 Å². The van der Waals surface area contributed by atoms with Gasteiger partial charge in [-0.3, -0.25) is 0 Å². The lowest BCUT2D eigenvalue weighted by atomic mass is 10.2. The minimum absolute atomic E-state index is 0.685. The van der Waals surface area contributed by atoms with Crippen LogP contribution < -0.4 is 0 Å². The molecule has 0 unspecified atom stereocenters. The Morgan fingerprint density at radius 2 is 1.00 bits per heavy atom. The summed E-state index contributed by atoms with van der Waals surface area (Å²) in [6.07, 6.45) is 0. The van der Waals surface area contributed by atoms with Crippen molar-refractivity contribution in [2.45, 2.75) is 0 Å². The number of aromatic nitrogens is 9. The van der Waals surface area contributed by atoms with Gasteiger partial charge in [-0.05, 0) is 36.4 Å². The van der Waals surface area contributed by atoms with Gasteiger partial charge in [0.15, 0.2) is 21.7 Å². The van der Waals surface area contributed by atoms with Crippen molar-refractivity contribution in [2.24, 2.45) is 0 Å². The first kappa shape index (κ1) is 21.9. The summed E-state index contributed by atoms with van der Waals surface area (Å²) in [7, 11) is 0. The molecule has 7 rings (SSSR count). The standard InChI is InChI=1S/C23H11Br2N9S2/c24-14-8-4-12(5-9-14)18-27-29-22-33(18)31-20(35-22)16-2-1-3-17(26-16)21-32-34-19(28-30-23(34)36-21)13-6-10-15(25)11-7-13/h1-11H. The fourth-order valence-corrected chi connectivity index (χ4v) is 5.82. The number of nitrogens with zero attached hydrogens (tertiary/aromatic N) is 9. The van der Waals surface area contributed by atoms with E-state index in [9.17, 15) is 0 Å². The zero-order chi connectivity index (χ0) is 24.2. The highest BCUT2D eigenvalue weighted by Gasteiger charge is 2.18. The van der Waals surface area contributed by atoms with Crippen LogP contribution >= 0.6 is 54.5 Å². The fraction of sp³-hybridized carbons (Fsp3) is 0. The maximum absolute atomic E-state index is 4.85. The molecule has 0 bridgehead atoms. The molecule has 0 fully saturated rings. The Hall–Kier alpha value is -3.39. The molecule has 0 saturated carbocycles. The summed E-state index contributed by atoms with van der Waals surface area (Å²) in [6, 6.07) is 21.6. The number of pyridine rings is 1. The van der Waals surface area contributed by atoms with Gasteiger partial charge in [0.25, 0.3) is 0 Å². The van der Waals surface area contributed by atoms with Crippen LogP contribution in [0.15, 0.2) is 75.7 Å². The second-order valence-electron chi connectivity index (χ2n) is 7.67.